The Morgan fingerprint density at radius 2 is 2.35 bits per heavy atom. The van der Waals surface area contributed by atoms with Gasteiger partial charge >= 0.3 is 0 Å². The molecule has 1 aliphatic rings. The molecule has 5 nitrogen and oxygen atoms in total. The Kier molecular flexibility index (Phi) is 2.53. The predicted molar refractivity (Wildman–Crippen MR) is 64.5 cm³/mol. The van der Waals surface area contributed by atoms with E-state index in [1.54, 1.807) is 12.6 Å². The standard InChI is InChI=1S/C12H14N4O/c13-9-3-4-16(7-9)12-6-10(14-8-15-12)11-2-1-5-17-11/h1-2,5-6,8-9H,3-4,7,13H2. The number of hydrogen-bond donors (Lipinski definition) is 1. The minimum Gasteiger partial charge on any atom is -0.463 e. The molecule has 0 radical (unpaired) electrons. The average molecular weight is 230 g/mol. The molecule has 2 aromatic rings. The summed E-state index contributed by atoms with van der Waals surface area (Å²) in [6.45, 7) is 1.81. The van der Waals surface area contributed by atoms with Crippen molar-refractivity contribution in [1.82, 2.24) is 9.97 Å². The zero-order chi connectivity index (χ0) is 11.7. The first kappa shape index (κ1) is 10.3. The second kappa shape index (κ2) is 4.18. The zero-order valence-electron chi connectivity index (χ0n) is 9.41. The summed E-state index contributed by atoms with van der Waals surface area (Å²) in [6, 6.07) is 5.93. The Morgan fingerprint density at radius 1 is 1.41 bits per heavy atom. The quantitative estimate of drug-likeness (QED) is 0.841. The van der Waals surface area contributed by atoms with E-state index in [9.17, 15) is 0 Å². The first-order valence-corrected chi connectivity index (χ1v) is 5.69. The Bertz CT molecular complexity index is 497. The van der Waals surface area contributed by atoms with Gasteiger partial charge in [-0.1, -0.05) is 0 Å². The van der Waals surface area contributed by atoms with Gasteiger partial charge in [0.2, 0.25) is 0 Å². The molecule has 1 unspecified atom stereocenters. The van der Waals surface area contributed by atoms with Crippen molar-refractivity contribution in [2.75, 3.05) is 18.0 Å². The number of nitrogens with two attached hydrogens (primary N) is 1. The maximum atomic E-state index is 5.89. The Morgan fingerprint density at radius 3 is 3.06 bits per heavy atom. The number of hydrogen-bond acceptors (Lipinski definition) is 5. The summed E-state index contributed by atoms with van der Waals surface area (Å²) in [6.07, 6.45) is 4.22. The molecule has 1 fully saturated rings. The molecule has 0 aliphatic carbocycles. The van der Waals surface area contributed by atoms with Crippen LogP contribution in [-0.2, 0) is 0 Å². The first-order valence-electron chi connectivity index (χ1n) is 5.69. The number of furan rings is 1. The van der Waals surface area contributed by atoms with Crippen LogP contribution >= 0.6 is 0 Å². The highest BCUT2D eigenvalue weighted by Crippen LogP contribution is 2.23. The third kappa shape index (κ3) is 2.01. The van der Waals surface area contributed by atoms with Crippen LogP contribution in [0.4, 0.5) is 5.82 Å². The molecule has 2 N–H and O–H groups in total. The van der Waals surface area contributed by atoms with E-state index in [-0.39, 0.29) is 6.04 Å². The lowest BCUT2D eigenvalue weighted by Gasteiger charge is -2.16. The van der Waals surface area contributed by atoms with E-state index >= 15 is 0 Å². The zero-order valence-corrected chi connectivity index (χ0v) is 9.41. The van der Waals surface area contributed by atoms with Gasteiger partial charge in [0.25, 0.3) is 0 Å². The van der Waals surface area contributed by atoms with Gasteiger partial charge < -0.3 is 15.1 Å². The monoisotopic (exact) mass is 230 g/mol. The molecule has 0 amide bonds. The van der Waals surface area contributed by atoms with Crippen LogP contribution in [0.15, 0.2) is 35.2 Å². The highest BCUT2D eigenvalue weighted by Gasteiger charge is 2.20. The highest BCUT2D eigenvalue weighted by molar-refractivity contribution is 5.57. The maximum Gasteiger partial charge on any atom is 0.152 e. The van der Waals surface area contributed by atoms with E-state index < -0.39 is 0 Å². The Hall–Kier alpha value is -1.88. The Labute approximate surface area is 99.3 Å². The fourth-order valence-electron chi connectivity index (χ4n) is 2.07. The third-order valence-corrected chi connectivity index (χ3v) is 2.97. The van der Waals surface area contributed by atoms with Crippen LogP contribution in [0, 0.1) is 0 Å². The largest absolute Gasteiger partial charge is 0.463 e. The van der Waals surface area contributed by atoms with Crippen LogP contribution in [-0.4, -0.2) is 29.1 Å². The number of anilines is 1. The van der Waals surface area contributed by atoms with E-state index in [2.05, 4.69) is 14.9 Å². The molecule has 0 bridgehead atoms. The summed E-state index contributed by atoms with van der Waals surface area (Å²) in [4.78, 5) is 10.7. The minimum absolute atomic E-state index is 0.247. The van der Waals surface area contributed by atoms with Crippen LogP contribution in [0.5, 0.6) is 0 Å². The Balaban J connectivity index is 1.89. The van der Waals surface area contributed by atoms with Crippen LogP contribution < -0.4 is 10.6 Å². The lowest BCUT2D eigenvalue weighted by molar-refractivity contribution is 0.580. The van der Waals surface area contributed by atoms with Gasteiger partial charge in [-0.25, -0.2) is 9.97 Å². The summed E-state index contributed by atoms with van der Waals surface area (Å²) in [5, 5.41) is 0. The molecule has 3 heterocycles. The maximum absolute atomic E-state index is 5.89. The first-order chi connectivity index (χ1) is 8.33. The van der Waals surface area contributed by atoms with Gasteiger partial charge in [0.05, 0.1) is 6.26 Å². The second-order valence-electron chi connectivity index (χ2n) is 4.23. The SMILES string of the molecule is NC1CCN(c2cc(-c3ccco3)ncn2)C1. The molecule has 17 heavy (non-hydrogen) atoms. The van der Waals surface area contributed by atoms with Crippen LogP contribution in [0.25, 0.3) is 11.5 Å². The average Bonchev–Trinajstić information content (AvgIpc) is 3.00. The summed E-state index contributed by atoms with van der Waals surface area (Å²) in [7, 11) is 0. The van der Waals surface area contributed by atoms with Crippen molar-refractivity contribution in [1.29, 1.82) is 0 Å². The molecule has 0 spiro atoms. The van der Waals surface area contributed by atoms with Crippen molar-refractivity contribution >= 4 is 5.82 Å². The summed E-state index contributed by atoms with van der Waals surface area (Å²) < 4.78 is 5.32. The van der Waals surface area contributed by atoms with E-state index in [4.69, 9.17) is 10.2 Å². The van der Waals surface area contributed by atoms with Crippen molar-refractivity contribution in [2.24, 2.45) is 5.73 Å². The van der Waals surface area contributed by atoms with Gasteiger partial charge in [0, 0.05) is 25.2 Å². The van der Waals surface area contributed by atoms with Crippen LogP contribution in [0.2, 0.25) is 0 Å². The predicted octanol–water partition coefficient (Wildman–Crippen LogP) is 1.27. The fraction of sp³-hybridized carbons (Fsp3) is 0.333. The number of aromatic nitrogens is 2. The molecular weight excluding hydrogens is 216 g/mol. The molecule has 0 aromatic carbocycles. The number of rotatable bonds is 2. The highest BCUT2D eigenvalue weighted by atomic mass is 16.3. The summed E-state index contributed by atoms with van der Waals surface area (Å²) in [5.74, 6) is 1.68. The molecule has 1 saturated heterocycles. The van der Waals surface area contributed by atoms with Gasteiger partial charge in [0.1, 0.15) is 17.8 Å². The second-order valence-corrected chi connectivity index (χ2v) is 4.23. The van der Waals surface area contributed by atoms with Gasteiger partial charge in [-0.05, 0) is 18.6 Å². The van der Waals surface area contributed by atoms with Crippen molar-refractivity contribution in [3.05, 3.63) is 30.8 Å². The summed E-state index contributed by atoms with van der Waals surface area (Å²) >= 11 is 0. The van der Waals surface area contributed by atoms with Gasteiger partial charge in [-0.15, -0.1) is 0 Å². The van der Waals surface area contributed by atoms with E-state index in [1.165, 1.54) is 0 Å². The molecule has 1 atom stereocenters. The van der Waals surface area contributed by atoms with Crippen molar-refractivity contribution in [3.63, 3.8) is 0 Å². The molecule has 3 rings (SSSR count). The molecule has 88 valence electrons. The van der Waals surface area contributed by atoms with Crippen LogP contribution in [0.3, 0.4) is 0 Å². The van der Waals surface area contributed by atoms with E-state index in [0.29, 0.717) is 0 Å². The van der Waals surface area contributed by atoms with Gasteiger partial charge in [-0.3, -0.25) is 0 Å². The third-order valence-electron chi connectivity index (χ3n) is 2.97. The van der Waals surface area contributed by atoms with Crippen molar-refractivity contribution < 1.29 is 4.42 Å². The molecular formula is C12H14N4O. The van der Waals surface area contributed by atoms with Gasteiger partial charge in [0.15, 0.2) is 5.76 Å². The molecule has 5 heteroatoms. The van der Waals surface area contributed by atoms with Crippen LogP contribution in [0.1, 0.15) is 6.42 Å². The topological polar surface area (TPSA) is 68.2 Å². The number of nitrogens with zero attached hydrogens (tertiary/aromatic N) is 3. The van der Waals surface area contributed by atoms with Crippen molar-refractivity contribution in [3.8, 4) is 11.5 Å². The van der Waals surface area contributed by atoms with Crippen molar-refractivity contribution in [2.45, 2.75) is 12.5 Å². The summed E-state index contributed by atoms with van der Waals surface area (Å²) in [5.41, 5.74) is 6.70. The lowest BCUT2D eigenvalue weighted by atomic mass is 10.3. The molecule has 0 saturated carbocycles. The van der Waals surface area contributed by atoms with E-state index in [1.807, 2.05) is 18.2 Å². The van der Waals surface area contributed by atoms with E-state index in [0.717, 1.165) is 36.8 Å². The van der Waals surface area contributed by atoms with Gasteiger partial charge in [-0.2, -0.15) is 0 Å². The smallest absolute Gasteiger partial charge is 0.152 e. The molecule has 1 aliphatic heterocycles. The lowest BCUT2D eigenvalue weighted by Crippen LogP contribution is -2.26. The minimum atomic E-state index is 0.247. The normalized spacial score (nSPS) is 19.8. The fourth-order valence-corrected chi connectivity index (χ4v) is 2.07. The molecule has 2 aromatic heterocycles.